The van der Waals surface area contributed by atoms with Gasteiger partial charge in [-0.1, -0.05) is 0 Å². The largest absolute Gasteiger partial charge is 0.422 e. The molecule has 1 aromatic heterocycles. The van der Waals surface area contributed by atoms with Crippen molar-refractivity contribution in [1.29, 1.82) is 0 Å². The zero-order chi connectivity index (χ0) is 9.35. The molecule has 0 aromatic carbocycles. The molecule has 0 aliphatic rings. The van der Waals surface area contributed by atoms with Gasteiger partial charge in [-0.25, -0.2) is 0 Å². The van der Waals surface area contributed by atoms with E-state index in [1.165, 1.54) is 0 Å². The maximum Gasteiger partial charge on any atom is 0.422 e. The summed E-state index contributed by atoms with van der Waals surface area (Å²) in [6, 6.07) is 1.75. The van der Waals surface area contributed by atoms with Crippen molar-refractivity contribution in [2.24, 2.45) is 0 Å². The van der Waals surface area contributed by atoms with Crippen molar-refractivity contribution < 1.29 is 23.1 Å². The predicted octanol–water partition coefficient (Wildman–Crippen LogP) is 1.88. The van der Waals surface area contributed by atoms with Gasteiger partial charge in [0, 0.05) is 10.8 Å². The van der Waals surface area contributed by atoms with Gasteiger partial charge in [-0.2, -0.15) is 13.2 Å². The Morgan fingerprint density at radius 3 is 2.33 bits per heavy atom. The predicted molar refractivity (Wildman–Crippen MR) is 33.8 cm³/mol. The van der Waals surface area contributed by atoms with E-state index in [9.17, 15) is 13.2 Å². The molecule has 1 heterocycles. The van der Waals surface area contributed by atoms with Gasteiger partial charge in [0.25, 0.3) is 0 Å². The molecule has 0 atom stereocenters. The van der Waals surface area contributed by atoms with Crippen LogP contribution in [0.2, 0.25) is 5.15 Å². The van der Waals surface area contributed by atoms with Crippen LogP contribution in [0.3, 0.4) is 0 Å². The van der Waals surface area contributed by atoms with Gasteiger partial charge in [0.1, 0.15) is 5.56 Å². The first-order valence-corrected chi connectivity index (χ1v) is 3.27. The highest BCUT2D eigenvalue weighted by Gasteiger charge is 2.34. The second-order valence-electron chi connectivity index (χ2n) is 2.08. The summed E-state index contributed by atoms with van der Waals surface area (Å²) in [6.45, 7) is 0. The molecule has 1 rings (SSSR count). The van der Waals surface area contributed by atoms with E-state index >= 15 is 0 Å². The molecule has 6 heteroatoms. The first kappa shape index (κ1) is 9.12. The summed E-state index contributed by atoms with van der Waals surface area (Å²) in [5.74, 6) is 0. The van der Waals surface area contributed by atoms with Crippen molar-refractivity contribution in [2.45, 2.75) is 6.18 Å². The SMILES string of the molecule is O[n+]1cc(C(F)(F)F)ccc1Cl. The van der Waals surface area contributed by atoms with Gasteiger partial charge >= 0.3 is 11.3 Å². The van der Waals surface area contributed by atoms with Gasteiger partial charge in [0.15, 0.2) is 0 Å². The number of pyridine rings is 1. The van der Waals surface area contributed by atoms with Crippen LogP contribution in [0.15, 0.2) is 18.3 Å². The molecule has 66 valence electrons. The Bertz CT molecular complexity index is 299. The van der Waals surface area contributed by atoms with Gasteiger partial charge in [-0.05, 0) is 17.7 Å². The summed E-state index contributed by atoms with van der Waals surface area (Å²) in [4.78, 5) is 0. The van der Waals surface area contributed by atoms with Crippen LogP contribution in [0.25, 0.3) is 0 Å². The number of hydrogen-bond acceptors (Lipinski definition) is 1. The minimum atomic E-state index is -4.46. The summed E-state index contributed by atoms with van der Waals surface area (Å²) in [5, 5.41) is 8.57. The topological polar surface area (TPSA) is 24.1 Å². The Morgan fingerprint density at radius 1 is 1.33 bits per heavy atom. The maximum atomic E-state index is 11.9. The standard InChI is InChI=1S/C6H4ClF3NO/c7-5-2-1-4(3-11(5)12)6(8,9)10/h1-3,12H/q+1. The van der Waals surface area contributed by atoms with Gasteiger partial charge in [-0.3, -0.25) is 5.21 Å². The lowest BCUT2D eigenvalue weighted by atomic mass is 10.3. The Hall–Kier alpha value is -0.970. The smallest absolute Gasteiger partial charge is 0.284 e. The molecule has 0 spiro atoms. The van der Waals surface area contributed by atoms with Crippen LogP contribution in [0.5, 0.6) is 0 Å². The minimum Gasteiger partial charge on any atom is -0.284 e. The fourth-order valence-corrected chi connectivity index (χ4v) is 0.751. The normalized spacial score (nSPS) is 11.7. The summed E-state index contributed by atoms with van der Waals surface area (Å²) in [7, 11) is 0. The lowest BCUT2D eigenvalue weighted by Crippen LogP contribution is -2.32. The third-order valence-corrected chi connectivity index (χ3v) is 1.51. The number of hydrogen-bond donors (Lipinski definition) is 1. The van der Waals surface area contributed by atoms with Crippen molar-refractivity contribution in [3.05, 3.63) is 29.0 Å². The molecule has 2 nitrogen and oxygen atoms in total. The first-order valence-electron chi connectivity index (χ1n) is 2.89. The van der Waals surface area contributed by atoms with Gasteiger partial charge in [0.05, 0.1) is 0 Å². The highest BCUT2D eigenvalue weighted by Crippen LogP contribution is 2.28. The van der Waals surface area contributed by atoms with Gasteiger partial charge < -0.3 is 0 Å². The minimum absolute atomic E-state index is 0.178. The lowest BCUT2D eigenvalue weighted by Gasteiger charge is -2.02. The molecule has 0 aliphatic heterocycles. The van der Waals surface area contributed by atoms with Crippen molar-refractivity contribution in [2.75, 3.05) is 0 Å². The second kappa shape index (κ2) is 2.82. The van der Waals surface area contributed by atoms with E-state index in [0.29, 0.717) is 6.20 Å². The number of halogens is 4. The number of aromatic nitrogens is 1. The maximum absolute atomic E-state index is 11.9. The molecule has 0 amide bonds. The van der Waals surface area contributed by atoms with Crippen molar-refractivity contribution >= 4 is 11.6 Å². The van der Waals surface area contributed by atoms with E-state index in [4.69, 9.17) is 16.8 Å². The summed E-state index contributed by atoms with van der Waals surface area (Å²) in [6.07, 6.45) is -3.96. The molecule has 1 aromatic rings. The molecule has 12 heavy (non-hydrogen) atoms. The molecular weight excluding hydrogens is 195 g/mol. The summed E-state index contributed by atoms with van der Waals surface area (Å²) in [5.41, 5.74) is -0.950. The molecule has 0 unspecified atom stereocenters. The molecular formula is C6H4ClF3NO+. The second-order valence-corrected chi connectivity index (χ2v) is 2.47. The van der Waals surface area contributed by atoms with Crippen LogP contribution in [0, 0.1) is 0 Å². The van der Waals surface area contributed by atoms with Crippen LogP contribution in [0.4, 0.5) is 13.2 Å². The first-order chi connectivity index (χ1) is 5.41. The van der Waals surface area contributed by atoms with Gasteiger partial charge in [-0.15, -0.1) is 0 Å². The Balaban J connectivity index is 3.14. The molecule has 0 aliphatic carbocycles. The quantitative estimate of drug-likeness (QED) is 0.384. The Labute approximate surface area is 70.8 Å². The van der Waals surface area contributed by atoms with Crippen LogP contribution >= 0.6 is 11.6 Å². The van der Waals surface area contributed by atoms with E-state index in [2.05, 4.69) is 0 Å². The summed E-state index contributed by atoms with van der Waals surface area (Å²) < 4.78 is 36.0. The van der Waals surface area contributed by atoms with E-state index in [-0.39, 0.29) is 9.88 Å². The van der Waals surface area contributed by atoms with Crippen LogP contribution in [0.1, 0.15) is 5.56 Å². The van der Waals surface area contributed by atoms with Crippen molar-refractivity contribution in [1.82, 2.24) is 0 Å². The number of nitrogens with zero attached hydrogens (tertiary/aromatic N) is 1. The van der Waals surface area contributed by atoms with Gasteiger partial charge in [0.2, 0.25) is 6.20 Å². The fraction of sp³-hybridized carbons (Fsp3) is 0.167. The average molecular weight is 199 g/mol. The van der Waals surface area contributed by atoms with E-state index in [0.717, 1.165) is 12.1 Å². The zero-order valence-electron chi connectivity index (χ0n) is 5.64. The average Bonchev–Trinajstić information content (AvgIpc) is 1.92. The highest BCUT2D eigenvalue weighted by molar-refractivity contribution is 6.28. The third kappa shape index (κ3) is 1.79. The Morgan fingerprint density at radius 2 is 1.92 bits per heavy atom. The van der Waals surface area contributed by atoms with Crippen molar-refractivity contribution in [3.63, 3.8) is 0 Å². The van der Waals surface area contributed by atoms with Crippen molar-refractivity contribution in [3.8, 4) is 0 Å². The fourth-order valence-electron chi connectivity index (χ4n) is 0.639. The van der Waals surface area contributed by atoms with Crippen LogP contribution in [-0.4, -0.2) is 5.21 Å². The lowest BCUT2D eigenvalue weighted by molar-refractivity contribution is -0.903. The Kier molecular flexibility index (Phi) is 2.14. The number of alkyl halides is 3. The molecule has 0 radical (unpaired) electrons. The molecule has 0 fully saturated rings. The third-order valence-electron chi connectivity index (χ3n) is 1.21. The molecule has 0 saturated carbocycles. The van der Waals surface area contributed by atoms with E-state index < -0.39 is 11.7 Å². The highest BCUT2D eigenvalue weighted by atomic mass is 35.5. The molecule has 1 N–H and O–H groups in total. The molecule has 0 bridgehead atoms. The van der Waals surface area contributed by atoms with E-state index in [1.54, 1.807) is 0 Å². The van der Waals surface area contributed by atoms with Crippen LogP contribution in [-0.2, 0) is 6.18 Å². The monoisotopic (exact) mass is 198 g/mol. The van der Waals surface area contributed by atoms with E-state index in [1.807, 2.05) is 0 Å². The zero-order valence-corrected chi connectivity index (χ0v) is 6.39. The summed E-state index contributed by atoms with van der Waals surface area (Å²) >= 11 is 5.28. The van der Waals surface area contributed by atoms with Crippen LogP contribution < -0.4 is 4.73 Å². The molecule has 0 saturated heterocycles. The number of rotatable bonds is 0.